The second kappa shape index (κ2) is 5.54. The summed E-state index contributed by atoms with van der Waals surface area (Å²) in [5.74, 6) is -0.292. The predicted octanol–water partition coefficient (Wildman–Crippen LogP) is 1.87. The molecule has 1 aromatic carbocycles. The summed E-state index contributed by atoms with van der Waals surface area (Å²) in [5, 5.41) is 11.8. The molecule has 0 aromatic heterocycles. The molecule has 1 atom stereocenters. The van der Waals surface area contributed by atoms with Crippen LogP contribution >= 0.6 is 12.6 Å². The van der Waals surface area contributed by atoms with Crippen LogP contribution in [0, 0.1) is 0 Å². The van der Waals surface area contributed by atoms with Crippen molar-refractivity contribution in [1.82, 2.24) is 0 Å². The SMILES string of the molecule is O=C(O)[C@H](CCS)Nc1ccccc1. The van der Waals surface area contributed by atoms with E-state index in [9.17, 15) is 4.79 Å². The molecule has 0 aliphatic heterocycles. The largest absolute Gasteiger partial charge is 0.480 e. The lowest BCUT2D eigenvalue weighted by Gasteiger charge is -2.14. The number of carboxylic acid groups (broad SMARTS) is 1. The Bertz CT molecular complexity index is 289. The maximum absolute atomic E-state index is 10.8. The molecule has 1 aromatic rings. The van der Waals surface area contributed by atoms with Crippen LogP contribution in [0.15, 0.2) is 30.3 Å². The molecule has 76 valence electrons. The number of para-hydroxylation sites is 1. The highest BCUT2D eigenvalue weighted by Crippen LogP contribution is 2.09. The van der Waals surface area contributed by atoms with Gasteiger partial charge in [-0.25, -0.2) is 4.79 Å². The summed E-state index contributed by atoms with van der Waals surface area (Å²) in [6.07, 6.45) is 0.507. The van der Waals surface area contributed by atoms with Crippen molar-refractivity contribution in [1.29, 1.82) is 0 Å². The molecule has 0 spiro atoms. The molecule has 0 amide bonds. The molecule has 0 aliphatic carbocycles. The molecule has 3 nitrogen and oxygen atoms in total. The smallest absolute Gasteiger partial charge is 0.326 e. The second-order valence-electron chi connectivity index (χ2n) is 2.91. The third-order valence-electron chi connectivity index (χ3n) is 1.83. The molecule has 0 heterocycles. The maximum atomic E-state index is 10.8. The van der Waals surface area contributed by atoms with E-state index in [2.05, 4.69) is 17.9 Å². The number of benzene rings is 1. The van der Waals surface area contributed by atoms with Crippen LogP contribution in [0.25, 0.3) is 0 Å². The van der Waals surface area contributed by atoms with Crippen LogP contribution in [0.5, 0.6) is 0 Å². The normalized spacial score (nSPS) is 12.1. The van der Waals surface area contributed by atoms with Crippen LogP contribution in [0.1, 0.15) is 6.42 Å². The van der Waals surface area contributed by atoms with Crippen molar-refractivity contribution >= 4 is 24.3 Å². The third kappa shape index (κ3) is 3.30. The number of aliphatic carboxylic acids is 1. The van der Waals surface area contributed by atoms with Gasteiger partial charge in [0.15, 0.2) is 0 Å². The van der Waals surface area contributed by atoms with Gasteiger partial charge in [-0.15, -0.1) is 0 Å². The van der Waals surface area contributed by atoms with Crippen LogP contribution in [-0.4, -0.2) is 22.9 Å². The molecule has 0 unspecified atom stereocenters. The lowest BCUT2D eigenvalue weighted by atomic mass is 10.2. The average molecular weight is 211 g/mol. The number of nitrogens with one attached hydrogen (secondary N) is 1. The van der Waals surface area contributed by atoms with E-state index in [1.165, 1.54) is 0 Å². The first-order chi connectivity index (χ1) is 6.74. The van der Waals surface area contributed by atoms with Gasteiger partial charge in [0.05, 0.1) is 0 Å². The van der Waals surface area contributed by atoms with E-state index in [-0.39, 0.29) is 0 Å². The first-order valence-corrected chi connectivity index (χ1v) is 5.02. The van der Waals surface area contributed by atoms with E-state index in [4.69, 9.17) is 5.11 Å². The molecule has 0 saturated heterocycles. The van der Waals surface area contributed by atoms with E-state index in [0.717, 1.165) is 5.69 Å². The molecule has 14 heavy (non-hydrogen) atoms. The number of thiol groups is 1. The number of carboxylic acids is 1. The highest BCUT2D eigenvalue weighted by molar-refractivity contribution is 7.80. The maximum Gasteiger partial charge on any atom is 0.326 e. The lowest BCUT2D eigenvalue weighted by Crippen LogP contribution is -2.29. The predicted molar refractivity (Wildman–Crippen MR) is 60.0 cm³/mol. The van der Waals surface area contributed by atoms with Gasteiger partial charge in [0.1, 0.15) is 6.04 Å². The molecule has 0 fully saturated rings. The summed E-state index contributed by atoms with van der Waals surface area (Å²) in [7, 11) is 0. The fourth-order valence-electron chi connectivity index (χ4n) is 1.12. The van der Waals surface area contributed by atoms with Gasteiger partial charge in [-0.1, -0.05) is 18.2 Å². The van der Waals surface area contributed by atoms with E-state index in [1.54, 1.807) is 0 Å². The zero-order chi connectivity index (χ0) is 10.4. The van der Waals surface area contributed by atoms with Crippen molar-refractivity contribution in [3.63, 3.8) is 0 Å². The molecule has 4 heteroatoms. The molecular formula is C10H13NO2S. The van der Waals surface area contributed by atoms with Gasteiger partial charge in [0.25, 0.3) is 0 Å². The molecule has 0 saturated carbocycles. The minimum absolute atomic E-state index is 0.507. The Balaban J connectivity index is 2.60. The topological polar surface area (TPSA) is 49.3 Å². The number of hydrogen-bond acceptors (Lipinski definition) is 3. The standard InChI is InChI=1S/C10H13NO2S/c12-10(13)9(6-7-14)11-8-4-2-1-3-5-8/h1-5,9,11,14H,6-7H2,(H,12,13)/t9-/m0/s1. The van der Waals surface area contributed by atoms with Crippen LogP contribution in [0.4, 0.5) is 5.69 Å². The minimum atomic E-state index is -0.845. The molecule has 0 bridgehead atoms. The van der Waals surface area contributed by atoms with E-state index in [1.807, 2.05) is 30.3 Å². The van der Waals surface area contributed by atoms with Crippen molar-refractivity contribution in [2.24, 2.45) is 0 Å². The van der Waals surface area contributed by atoms with Crippen molar-refractivity contribution in [3.05, 3.63) is 30.3 Å². The van der Waals surface area contributed by atoms with Crippen molar-refractivity contribution in [2.75, 3.05) is 11.1 Å². The fourth-order valence-corrected chi connectivity index (χ4v) is 1.38. The van der Waals surface area contributed by atoms with Crippen LogP contribution in [0.2, 0.25) is 0 Å². The van der Waals surface area contributed by atoms with Crippen molar-refractivity contribution < 1.29 is 9.90 Å². The summed E-state index contributed by atoms with van der Waals surface area (Å²) < 4.78 is 0. The lowest BCUT2D eigenvalue weighted by molar-refractivity contribution is -0.137. The summed E-state index contributed by atoms with van der Waals surface area (Å²) in [6.45, 7) is 0. The number of anilines is 1. The summed E-state index contributed by atoms with van der Waals surface area (Å²) in [6, 6.07) is 8.74. The molecule has 1 rings (SSSR count). The van der Waals surface area contributed by atoms with Gasteiger partial charge in [-0.3, -0.25) is 0 Å². The van der Waals surface area contributed by atoms with Gasteiger partial charge in [0, 0.05) is 5.69 Å². The Morgan fingerprint density at radius 2 is 2.07 bits per heavy atom. The Hall–Kier alpha value is -1.16. The average Bonchev–Trinajstić information content (AvgIpc) is 2.18. The van der Waals surface area contributed by atoms with Crippen LogP contribution < -0.4 is 5.32 Å². The zero-order valence-corrected chi connectivity index (χ0v) is 8.58. The molecular weight excluding hydrogens is 198 g/mol. The zero-order valence-electron chi connectivity index (χ0n) is 7.68. The minimum Gasteiger partial charge on any atom is -0.480 e. The monoisotopic (exact) mass is 211 g/mol. The van der Waals surface area contributed by atoms with Gasteiger partial charge >= 0.3 is 5.97 Å². The number of rotatable bonds is 5. The Morgan fingerprint density at radius 1 is 1.43 bits per heavy atom. The van der Waals surface area contributed by atoms with Crippen molar-refractivity contribution in [2.45, 2.75) is 12.5 Å². The molecule has 0 aliphatic rings. The van der Waals surface area contributed by atoms with Crippen molar-refractivity contribution in [3.8, 4) is 0 Å². The summed E-state index contributed by atoms with van der Waals surface area (Å²) >= 11 is 4.02. The summed E-state index contributed by atoms with van der Waals surface area (Å²) in [5.41, 5.74) is 0.821. The van der Waals surface area contributed by atoms with Crippen LogP contribution in [-0.2, 0) is 4.79 Å². The Labute approximate surface area is 88.6 Å². The first kappa shape index (κ1) is 10.9. The number of hydrogen-bond donors (Lipinski definition) is 3. The van der Waals surface area contributed by atoms with E-state index >= 15 is 0 Å². The van der Waals surface area contributed by atoms with E-state index < -0.39 is 12.0 Å². The number of carbonyl (C=O) groups is 1. The highest BCUT2D eigenvalue weighted by Gasteiger charge is 2.15. The van der Waals surface area contributed by atoms with Gasteiger partial charge in [0.2, 0.25) is 0 Å². The Kier molecular flexibility index (Phi) is 4.32. The molecule has 2 N–H and O–H groups in total. The van der Waals surface area contributed by atoms with Gasteiger partial charge in [-0.2, -0.15) is 12.6 Å². The van der Waals surface area contributed by atoms with Crippen LogP contribution in [0.3, 0.4) is 0 Å². The Morgan fingerprint density at radius 3 is 2.57 bits per heavy atom. The highest BCUT2D eigenvalue weighted by atomic mass is 32.1. The summed E-state index contributed by atoms with van der Waals surface area (Å²) in [4.78, 5) is 10.8. The second-order valence-corrected chi connectivity index (χ2v) is 3.36. The van der Waals surface area contributed by atoms with E-state index in [0.29, 0.717) is 12.2 Å². The quantitative estimate of drug-likeness (QED) is 0.652. The molecule has 0 radical (unpaired) electrons. The first-order valence-electron chi connectivity index (χ1n) is 4.39. The van der Waals surface area contributed by atoms with Gasteiger partial charge in [-0.05, 0) is 24.3 Å². The third-order valence-corrected chi connectivity index (χ3v) is 2.09. The fraction of sp³-hybridized carbons (Fsp3) is 0.300. The van der Waals surface area contributed by atoms with Gasteiger partial charge < -0.3 is 10.4 Å².